The molecule has 55 heavy (non-hydrogen) atoms. The van der Waals surface area contributed by atoms with Crippen LogP contribution in [0.25, 0.3) is 61.0 Å². The molecule has 0 spiro atoms. The highest BCUT2D eigenvalue weighted by Gasteiger charge is 2.46. The van der Waals surface area contributed by atoms with Gasteiger partial charge in [0.15, 0.2) is 5.76 Å². The van der Waals surface area contributed by atoms with E-state index >= 15 is 8.78 Å². The molecule has 1 atom stereocenters. The number of amides is 1. The van der Waals surface area contributed by atoms with E-state index in [-0.39, 0.29) is 86.6 Å². The lowest BCUT2D eigenvalue weighted by Crippen LogP contribution is -2.41. The van der Waals surface area contributed by atoms with E-state index in [0.29, 0.717) is 23.5 Å². The number of carbonyl (C=O) groups excluding carboxylic acids is 1. The zero-order valence-corrected chi connectivity index (χ0v) is 30.1. The number of likely N-dealkylation sites (tertiary alicyclic amines) is 1. The summed E-state index contributed by atoms with van der Waals surface area (Å²) in [6, 6.07) is 13.0. The monoisotopic (exact) mass is 780 g/mol. The molecule has 4 aromatic heterocycles. The number of benzene rings is 3. The average Bonchev–Trinajstić information content (AvgIpc) is 3.86. The van der Waals surface area contributed by atoms with Crippen LogP contribution in [0.3, 0.4) is 0 Å². The molecule has 7 aromatic rings. The number of nitrogens with zero attached hydrogens (tertiary/aromatic N) is 5. The molecule has 284 valence electrons. The minimum absolute atomic E-state index is 0.00783. The number of carbonyl (C=O) groups is 1. The maximum atomic E-state index is 15.3. The first-order chi connectivity index (χ1) is 26.0. The smallest absolute Gasteiger partial charge is 0.404 e. The minimum atomic E-state index is -4.45. The normalized spacial score (nSPS) is 15.5. The van der Waals surface area contributed by atoms with Crippen molar-refractivity contribution in [3.63, 3.8) is 0 Å². The first-order valence-corrected chi connectivity index (χ1v) is 18.8. The van der Waals surface area contributed by atoms with Crippen LogP contribution in [0.15, 0.2) is 71.1 Å². The minimum Gasteiger partial charge on any atom is -0.455 e. The topological polar surface area (TPSA) is 113 Å². The van der Waals surface area contributed by atoms with Crippen molar-refractivity contribution >= 4 is 60.0 Å². The lowest BCUT2D eigenvalue weighted by molar-refractivity contribution is -0.177. The van der Waals surface area contributed by atoms with E-state index in [1.165, 1.54) is 55.4 Å². The number of aromatic nitrogens is 3. The van der Waals surface area contributed by atoms with Crippen LogP contribution in [0.5, 0.6) is 0 Å². The molecule has 8 rings (SSSR count). The van der Waals surface area contributed by atoms with E-state index in [2.05, 4.69) is 5.32 Å². The highest BCUT2D eigenvalue weighted by molar-refractivity contribution is 7.92. The standard InChI is InChI=1S/C38H30F6N6O4S/c1-45-37(51)34-23-15-22(29(48(2)55(3,52)53)17-31(23)54-36(34)20-10-9-19(39)14-25(20)41)26-11-12-27-35(47-26)30-16-21-24(40)6-4-7-28(21)50(30)33(46-27)18-49-13-5-8-32(49)38(42,43)44/h4,6-7,9-12,14-17,32H,5,8,13,18H2,1-3H3,(H,45,51). The molecule has 0 bridgehead atoms. The predicted octanol–water partition coefficient (Wildman–Crippen LogP) is 7.82. The molecule has 0 saturated carbocycles. The van der Waals surface area contributed by atoms with Gasteiger partial charge in [-0.05, 0) is 67.9 Å². The first-order valence-electron chi connectivity index (χ1n) is 17.0. The Morgan fingerprint density at radius 3 is 2.45 bits per heavy atom. The van der Waals surface area contributed by atoms with E-state index in [9.17, 15) is 30.8 Å². The number of fused-ring (bicyclic) bond motifs is 6. The molecule has 1 aliphatic heterocycles. The van der Waals surface area contributed by atoms with E-state index in [1.54, 1.807) is 16.5 Å². The molecule has 0 radical (unpaired) electrons. The van der Waals surface area contributed by atoms with Crippen LogP contribution in [0.1, 0.15) is 29.0 Å². The highest BCUT2D eigenvalue weighted by Crippen LogP contribution is 2.42. The third-order valence-corrected chi connectivity index (χ3v) is 11.2. The fourth-order valence-corrected chi connectivity index (χ4v) is 7.89. The molecule has 10 nitrogen and oxygen atoms in total. The average molecular weight is 781 g/mol. The number of sulfonamides is 1. The number of nitrogens with one attached hydrogen (secondary N) is 1. The zero-order valence-electron chi connectivity index (χ0n) is 29.3. The third kappa shape index (κ3) is 6.10. The SMILES string of the molecule is CNC(=O)c1c(-c2ccc(F)cc2F)oc2cc(N(C)S(C)(=O)=O)c(-c3ccc4nc(CN5CCCC5C(F)(F)F)n5c6cccc(F)c6cc5c4n3)cc12. The lowest BCUT2D eigenvalue weighted by Gasteiger charge is -2.26. The summed E-state index contributed by atoms with van der Waals surface area (Å²) in [5.74, 6) is -3.08. The van der Waals surface area contributed by atoms with Gasteiger partial charge < -0.3 is 9.73 Å². The number of alkyl halides is 3. The second-order valence-electron chi connectivity index (χ2n) is 13.4. The number of furan rings is 1. The van der Waals surface area contributed by atoms with Crippen LogP contribution in [-0.2, 0) is 16.6 Å². The Labute approximate surface area is 309 Å². The maximum absolute atomic E-state index is 15.3. The van der Waals surface area contributed by atoms with Crippen molar-refractivity contribution in [2.24, 2.45) is 0 Å². The number of anilines is 1. The van der Waals surface area contributed by atoms with Crippen molar-refractivity contribution in [3.8, 4) is 22.6 Å². The first kappa shape index (κ1) is 36.3. The van der Waals surface area contributed by atoms with Gasteiger partial charge in [-0.25, -0.2) is 31.6 Å². The lowest BCUT2D eigenvalue weighted by atomic mass is 10.0. The van der Waals surface area contributed by atoms with Gasteiger partial charge in [0.2, 0.25) is 10.0 Å². The Balaban J connectivity index is 1.39. The Morgan fingerprint density at radius 2 is 1.75 bits per heavy atom. The van der Waals surface area contributed by atoms with Gasteiger partial charge in [0.1, 0.15) is 40.4 Å². The summed E-state index contributed by atoms with van der Waals surface area (Å²) in [7, 11) is -1.28. The van der Waals surface area contributed by atoms with Crippen molar-refractivity contribution in [2.45, 2.75) is 31.6 Å². The summed E-state index contributed by atoms with van der Waals surface area (Å²) >= 11 is 0. The Kier molecular flexibility index (Phi) is 8.56. The molecule has 5 heterocycles. The van der Waals surface area contributed by atoms with Gasteiger partial charge in [0.05, 0.1) is 51.9 Å². The van der Waals surface area contributed by atoms with Crippen molar-refractivity contribution < 1.29 is 44.0 Å². The summed E-state index contributed by atoms with van der Waals surface area (Å²) in [4.78, 5) is 24.3. The highest BCUT2D eigenvalue weighted by atomic mass is 32.2. The molecule has 1 fully saturated rings. The van der Waals surface area contributed by atoms with Crippen LogP contribution in [0.4, 0.5) is 32.0 Å². The van der Waals surface area contributed by atoms with Crippen LogP contribution in [0, 0.1) is 17.5 Å². The van der Waals surface area contributed by atoms with Gasteiger partial charge in [0, 0.05) is 42.6 Å². The number of halogens is 6. The second kappa shape index (κ2) is 13.0. The van der Waals surface area contributed by atoms with Gasteiger partial charge in [0.25, 0.3) is 5.91 Å². The van der Waals surface area contributed by atoms with E-state index in [1.807, 2.05) is 0 Å². The largest absolute Gasteiger partial charge is 0.455 e. The summed E-state index contributed by atoms with van der Waals surface area (Å²) in [6.07, 6.45) is -3.18. The summed E-state index contributed by atoms with van der Waals surface area (Å²) in [5.41, 5.74) is 1.32. The van der Waals surface area contributed by atoms with Crippen LogP contribution >= 0.6 is 0 Å². The molecular formula is C38H30F6N6O4S. The molecule has 0 aliphatic carbocycles. The van der Waals surface area contributed by atoms with Gasteiger partial charge in [-0.15, -0.1) is 0 Å². The summed E-state index contributed by atoms with van der Waals surface area (Å²) < 4.78 is 121. The Hall–Kier alpha value is -5.68. The van der Waals surface area contributed by atoms with Crippen LogP contribution < -0.4 is 9.62 Å². The van der Waals surface area contributed by atoms with Crippen LogP contribution in [0.2, 0.25) is 0 Å². The molecule has 1 unspecified atom stereocenters. The van der Waals surface area contributed by atoms with E-state index in [4.69, 9.17) is 14.4 Å². The second-order valence-corrected chi connectivity index (χ2v) is 15.4. The molecule has 1 amide bonds. The quantitative estimate of drug-likeness (QED) is 0.164. The number of rotatable bonds is 7. The van der Waals surface area contributed by atoms with Gasteiger partial charge >= 0.3 is 6.18 Å². The van der Waals surface area contributed by atoms with Crippen LogP contribution in [-0.4, -0.2) is 72.7 Å². The number of pyridine rings is 1. The Bertz CT molecular complexity index is 2840. The molecule has 3 aromatic carbocycles. The van der Waals surface area contributed by atoms with Gasteiger partial charge in [-0.2, -0.15) is 13.2 Å². The predicted molar refractivity (Wildman–Crippen MR) is 195 cm³/mol. The fraction of sp³-hybridized carbons (Fsp3) is 0.237. The maximum Gasteiger partial charge on any atom is 0.404 e. The van der Waals surface area contributed by atoms with E-state index < -0.39 is 45.6 Å². The molecule has 1 aliphatic rings. The third-order valence-electron chi connectivity index (χ3n) is 10.1. The zero-order chi connectivity index (χ0) is 39.1. The van der Waals surface area contributed by atoms with E-state index in [0.717, 1.165) is 22.7 Å². The molecular weight excluding hydrogens is 751 g/mol. The summed E-state index contributed by atoms with van der Waals surface area (Å²) in [6.45, 7) is 0.00912. The van der Waals surface area contributed by atoms with Crippen molar-refractivity contribution in [1.82, 2.24) is 24.6 Å². The molecule has 1 saturated heterocycles. The summed E-state index contributed by atoms with van der Waals surface area (Å²) in [5, 5.41) is 2.84. The number of hydrogen-bond donors (Lipinski definition) is 1. The van der Waals surface area contributed by atoms with Gasteiger partial charge in [-0.1, -0.05) is 6.07 Å². The fourth-order valence-electron chi connectivity index (χ4n) is 7.38. The molecule has 1 N–H and O–H groups in total. The molecule has 17 heteroatoms. The van der Waals surface area contributed by atoms with Crippen molar-refractivity contribution in [3.05, 3.63) is 95.6 Å². The Morgan fingerprint density at radius 1 is 0.964 bits per heavy atom. The van der Waals surface area contributed by atoms with Crippen molar-refractivity contribution in [1.29, 1.82) is 0 Å². The van der Waals surface area contributed by atoms with Gasteiger partial charge in [-0.3, -0.25) is 18.4 Å². The number of hydrogen-bond acceptors (Lipinski definition) is 7. The van der Waals surface area contributed by atoms with Crippen molar-refractivity contribution in [2.75, 3.05) is 31.2 Å².